The number of ketones is 1. The Bertz CT molecular complexity index is 1140. The van der Waals surface area contributed by atoms with Gasteiger partial charge in [0.15, 0.2) is 5.78 Å². The fourth-order valence-corrected chi connectivity index (χ4v) is 3.81. The molecule has 0 radical (unpaired) electrons. The van der Waals surface area contributed by atoms with Crippen LogP contribution >= 0.6 is 31.9 Å². The van der Waals surface area contributed by atoms with Crippen LogP contribution in [-0.2, 0) is 9.53 Å². The molecule has 1 atom stereocenters. The number of aromatic nitrogens is 4. The van der Waals surface area contributed by atoms with E-state index >= 15 is 0 Å². The largest absolute Gasteiger partial charge is 0.464 e. The van der Waals surface area contributed by atoms with E-state index in [2.05, 4.69) is 52.7 Å². The van der Waals surface area contributed by atoms with Gasteiger partial charge in [-0.2, -0.15) is 4.68 Å². The standard InChI is InChI=1S/C19H13Br2N5O3/c1-29-18(28)15-14(17(27)10-5-7-12(20)8-6-10)16(11-3-2-4-13(21)9-11)26-19(22-15)23-24-25-26/h2-9,16H,1H3,(H,22,23,25)/t16-/m0/s1. The van der Waals surface area contributed by atoms with Crippen LogP contribution in [0.25, 0.3) is 0 Å². The lowest BCUT2D eigenvalue weighted by atomic mass is 9.89. The van der Waals surface area contributed by atoms with Crippen LogP contribution < -0.4 is 5.32 Å². The molecule has 0 unspecified atom stereocenters. The van der Waals surface area contributed by atoms with Crippen LogP contribution in [0, 0.1) is 0 Å². The molecule has 0 saturated heterocycles. The second kappa shape index (κ2) is 7.88. The Hall–Kier alpha value is -2.85. The summed E-state index contributed by atoms with van der Waals surface area (Å²) in [6.07, 6.45) is 0. The highest BCUT2D eigenvalue weighted by Gasteiger charge is 2.38. The molecule has 0 saturated carbocycles. The van der Waals surface area contributed by atoms with Gasteiger partial charge in [-0.25, -0.2) is 4.79 Å². The van der Waals surface area contributed by atoms with Crippen molar-refractivity contribution in [1.82, 2.24) is 20.2 Å². The van der Waals surface area contributed by atoms with Gasteiger partial charge in [-0.05, 0) is 52.4 Å². The lowest BCUT2D eigenvalue weighted by Gasteiger charge is -2.28. The Morgan fingerprint density at radius 1 is 1.10 bits per heavy atom. The lowest BCUT2D eigenvalue weighted by molar-refractivity contribution is -0.136. The van der Waals surface area contributed by atoms with Gasteiger partial charge in [0.2, 0.25) is 5.95 Å². The summed E-state index contributed by atoms with van der Waals surface area (Å²) in [5.74, 6) is -0.779. The molecular formula is C19H13Br2N5O3. The zero-order chi connectivity index (χ0) is 20.5. The van der Waals surface area contributed by atoms with Crippen molar-refractivity contribution in [2.24, 2.45) is 0 Å². The molecule has 29 heavy (non-hydrogen) atoms. The predicted octanol–water partition coefficient (Wildman–Crippen LogP) is 3.52. The number of hydrogen-bond acceptors (Lipinski definition) is 7. The summed E-state index contributed by atoms with van der Waals surface area (Å²) in [7, 11) is 1.25. The number of carbonyl (C=O) groups excluding carboxylic acids is 2. The second-order valence-electron chi connectivity index (χ2n) is 6.15. The quantitative estimate of drug-likeness (QED) is 0.416. The van der Waals surface area contributed by atoms with E-state index in [4.69, 9.17) is 4.74 Å². The molecule has 2 heterocycles. The summed E-state index contributed by atoms with van der Waals surface area (Å²) in [6, 6.07) is 13.6. The first-order valence-corrected chi connectivity index (χ1v) is 10.0. The van der Waals surface area contributed by atoms with E-state index in [1.165, 1.54) is 11.8 Å². The second-order valence-corrected chi connectivity index (χ2v) is 7.98. The van der Waals surface area contributed by atoms with Gasteiger partial charge >= 0.3 is 5.97 Å². The molecule has 0 fully saturated rings. The smallest absolute Gasteiger partial charge is 0.355 e. The topological polar surface area (TPSA) is 99.0 Å². The van der Waals surface area contributed by atoms with Crippen LogP contribution in [0.15, 0.2) is 68.7 Å². The van der Waals surface area contributed by atoms with Crippen molar-refractivity contribution in [2.45, 2.75) is 6.04 Å². The average molecular weight is 519 g/mol. The average Bonchev–Trinajstić information content (AvgIpc) is 3.20. The van der Waals surface area contributed by atoms with Crippen molar-refractivity contribution in [3.8, 4) is 0 Å². The van der Waals surface area contributed by atoms with Gasteiger partial charge in [-0.15, -0.1) is 0 Å². The molecule has 1 aliphatic heterocycles. The summed E-state index contributed by atoms with van der Waals surface area (Å²) in [6.45, 7) is 0. The Kier molecular flexibility index (Phi) is 5.29. The molecule has 10 heteroatoms. The third-order valence-electron chi connectivity index (χ3n) is 4.42. The zero-order valence-electron chi connectivity index (χ0n) is 15.0. The summed E-state index contributed by atoms with van der Waals surface area (Å²) in [4.78, 5) is 26.1. The van der Waals surface area contributed by atoms with Crippen LogP contribution in [-0.4, -0.2) is 39.1 Å². The third-order valence-corrected chi connectivity index (χ3v) is 5.44. The lowest BCUT2D eigenvalue weighted by Crippen LogP contribution is -2.32. The Morgan fingerprint density at radius 2 is 1.86 bits per heavy atom. The molecule has 1 N–H and O–H groups in total. The molecule has 1 aliphatic rings. The molecular weight excluding hydrogens is 506 g/mol. The normalized spacial score (nSPS) is 15.5. The van der Waals surface area contributed by atoms with Crippen molar-refractivity contribution in [1.29, 1.82) is 0 Å². The number of nitrogens with one attached hydrogen (secondary N) is 1. The number of carbonyl (C=O) groups is 2. The van der Waals surface area contributed by atoms with Gasteiger partial charge in [0.1, 0.15) is 11.7 Å². The summed E-state index contributed by atoms with van der Waals surface area (Å²) in [5.41, 5.74) is 1.35. The molecule has 0 bridgehead atoms. The van der Waals surface area contributed by atoms with Gasteiger partial charge in [-0.1, -0.05) is 49.1 Å². The molecule has 8 nitrogen and oxygen atoms in total. The molecule has 0 aliphatic carbocycles. The minimum absolute atomic E-state index is 0.00712. The van der Waals surface area contributed by atoms with Gasteiger partial charge < -0.3 is 10.1 Å². The van der Waals surface area contributed by atoms with Crippen LogP contribution in [0.5, 0.6) is 0 Å². The number of anilines is 1. The maximum absolute atomic E-state index is 13.5. The van der Waals surface area contributed by atoms with Gasteiger partial charge in [0.25, 0.3) is 0 Å². The fraction of sp³-hybridized carbons (Fsp3) is 0.105. The van der Waals surface area contributed by atoms with Crippen molar-refractivity contribution in [3.05, 3.63) is 79.9 Å². The van der Waals surface area contributed by atoms with Crippen molar-refractivity contribution >= 4 is 49.6 Å². The molecule has 0 spiro atoms. The number of Topliss-reactive ketones (excluding diaryl/α,β-unsaturated/α-hetero) is 1. The number of hydrogen-bond donors (Lipinski definition) is 1. The van der Waals surface area contributed by atoms with Crippen LogP contribution in [0.3, 0.4) is 0 Å². The molecule has 3 aromatic rings. The number of benzene rings is 2. The summed E-state index contributed by atoms with van der Waals surface area (Å²) < 4.78 is 8.05. The summed E-state index contributed by atoms with van der Waals surface area (Å²) >= 11 is 6.82. The highest BCUT2D eigenvalue weighted by Crippen LogP contribution is 2.37. The van der Waals surface area contributed by atoms with Gasteiger partial charge in [0.05, 0.1) is 12.7 Å². The van der Waals surface area contributed by atoms with Crippen LogP contribution in [0.1, 0.15) is 22.0 Å². The number of ether oxygens (including phenoxy) is 1. The van der Waals surface area contributed by atoms with Crippen molar-refractivity contribution < 1.29 is 14.3 Å². The highest BCUT2D eigenvalue weighted by atomic mass is 79.9. The van der Waals surface area contributed by atoms with E-state index in [-0.39, 0.29) is 23.0 Å². The fourth-order valence-electron chi connectivity index (χ4n) is 3.13. The van der Waals surface area contributed by atoms with E-state index in [0.717, 1.165) is 14.5 Å². The van der Waals surface area contributed by atoms with E-state index in [9.17, 15) is 9.59 Å². The molecule has 0 amide bonds. The number of allylic oxidation sites excluding steroid dienone is 1. The molecule has 1 aromatic heterocycles. The number of rotatable bonds is 4. The minimum atomic E-state index is -0.719. The zero-order valence-corrected chi connectivity index (χ0v) is 18.1. The first-order chi connectivity index (χ1) is 14.0. The van der Waals surface area contributed by atoms with E-state index in [1.54, 1.807) is 24.3 Å². The van der Waals surface area contributed by atoms with Crippen molar-refractivity contribution in [3.63, 3.8) is 0 Å². The number of nitrogens with zero attached hydrogens (tertiary/aromatic N) is 4. The maximum Gasteiger partial charge on any atom is 0.355 e. The highest BCUT2D eigenvalue weighted by molar-refractivity contribution is 9.10. The first-order valence-electron chi connectivity index (χ1n) is 8.42. The van der Waals surface area contributed by atoms with E-state index in [1.807, 2.05) is 24.3 Å². The predicted molar refractivity (Wildman–Crippen MR) is 111 cm³/mol. The maximum atomic E-state index is 13.5. The molecule has 146 valence electrons. The number of tetrazole rings is 1. The first kappa shape index (κ1) is 19.5. The van der Waals surface area contributed by atoms with E-state index in [0.29, 0.717) is 5.56 Å². The Labute approximate surface area is 182 Å². The monoisotopic (exact) mass is 517 g/mol. The number of halogens is 2. The number of esters is 1. The van der Waals surface area contributed by atoms with Crippen LogP contribution in [0.2, 0.25) is 0 Å². The molecule has 2 aromatic carbocycles. The number of methoxy groups -OCH3 is 1. The van der Waals surface area contributed by atoms with Gasteiger partial charge in [0, 0.05) is 14.5 Å². The van der Waals surface area contributed by atoms with Gasteiger partial charge in [-0.3, -0.25) is 4.79 Å². The van der Waals surface area contributed by atoms with Crippen molar-refractivity contribution in [2.75, 3.05) is 12.4 Å². The van der Waals surface area contributed by atoms with E-state index < -0.39 is 12.0 Å². The SMILES string of the molecule is COC(=O)C1=C(C(=O)c2ccc(Br)cc2)[C@H](c2cccc(Br)c2)n2nnnc2N1. The van der Waals surface area contributed by atoms with Crippen LogP contribution in [0.4, 0.5) is 5.95 Å². The summed E-state index contributed by atoms with van der Waals surface area (Å²) in [5, 5.41) is 14.5. The third kappa shape index (κ3) is 3.60. The Balaban J connectivity index is 1.95. The molecule has 4 rings (SSSR count). The Morgan fingerprint density at radius 3 is 2.55 bits per heavy atom. The minimum Gasteiger partial charge on any atom is -0.464 e. The number of fused-ring (bicyclic) bond motifs is 1.